The molecule has 9 heteroatoms. The molecule has 168 valence electrons. The van der Waals surface area contributed by atoms with Crippen LogP contribution in [0.3, 0.4) is 0 Å². The maximum absolute atomic E-state index is 13.3. The number of benzene rings is 2. The van der Waals surface area contributed by atoms with Gasteiger partial charge in [-0.2, -0.15) is 8.78 Å². The van der Waals surface area contributed by atoms with Crippen molar-refractivity contribution in [3.63, 3.8) is 0 Å². The maximum atomic E-state index is 13.3. The van der Waals surface area contributed by atoms with Crippen LogP contribution in [0.1, 0.15) is 39.0 Å². The molecule has 0 aliphatic carbocycles. The molecule has 3 aromatic rings. The number of alkyl halides is 2. The number of hydrogen-bond acceptors (Lipinski definition) is 4. The van der Waals surface area contributed by atoms with Gasteiger partial charge in [0.05, 0.1) is 5.56 Å². The Hall–Kier alpha value is -3.62. The Morgan fingerprint density at radius 2 is 1.53 bits per heavy atom. The Morgan fingerprint density at radius 1 is 0.938 bits per heavy atom. The highest BCUT2D eigenvalue weighted by Gasteiger charge is 2.25. The molecule has 0 aliphatic heterocycles. The van der Waals surface area contributed by atoms with Gasteiger partial charge >= 0.3 is 12.6 Å². The summed E-state index contributed by atoms with van der Waals surface area (Å²) < 4.78 is 62.5. The molecule has 5 nitrogen and oxygen atoms in total. The summed E-state index contributed by atoms with van der Waals surface area (Å²) in [5, 5.41) is 0. The number of esters is 1. The van der Waals surface area contributed by atoms with E-state index in [0.717, 1.165) is 12.1 Å². The summed E-state index contributed by atoms with van der Waals surface area (Å²) in [7, 11) is 0. The fraction of sp³-hybridized carbons (Fsp3) is 0.217. The molecule has 0 spiro atoms. The van der Waals surface area contributed by atoms with Crippen LogP contribution in [0, 0.1) is 25.5 Å². The summed E-state index contributed by atoms with van der Waals surface area (Å²) >= 11 is 0. The molecule has 0 fully saturated rings. The fourth-order valence-electron chi connectivity index (χ4n) is 3.36. The standard InChI is InChI=1S/C23H19F4NO4/c1-12-8-20(13(2)28(12)18-4-6-19(7-5-18)32-23(26)27)21(29)14(3)31-22(30)15-9-16(24)11-17(25)10-15/h4-11,14,23H,1-3H3. The Bertz CT molecular complexity index is 1140. The predicted octanol–water partition coefficient (Wildman–Crippen LogP) is 5.40. The highest BCUT2D eigenvalue weighted by atomic mass is 19.3. The number of ether oxygens (including phenoxy) is 2. The summed E-state index contributed by atoms with van der Waals surface area (Å²) in [4.78, 5) is 25.1. The summed E-state index contributed by atoms with van der Waals surface area (Å²) in [6.45, 7) is 1.85. The lowest BCUT2D eigenvalue weighted by Crippen LogP contribution is -2.25. The summed E-state index contributed by atoms with van der Waals surface area (Å²) in [5.41, 5.74) is 1.76. The molecule has 0 amide bonds. The highest BCUT2D eigenvalue weighted by Crippen LogP contribution is 2.25. The number of aryl methyl sites for hydroxylation is 1. The quantitative estimate of drug-likeness (QED) is 0.275. The van der Waals surface area contributed by atoms with E-state index in [1.54, 1.807) is 36.6 Å². The molecule has 2 aromatic carbocycles. The Kier molecular flexibility index (Phi) is 6.67. The molecule has 0 aliphatic rings. The van der Waals surface area contributed by atoms with Crippen molar-refractivity contribution in [2.75, 3.05) is 0 Å². The van der Waals surface area contributed by atoms with E-state index in [1.807, 2.05) is 0 Å². The zero-order valence-corrected chi connectivity index (χ0v) is 17.4. The number of rotatable bonds is 7. The van der Waals surface area contributed by atoms with Crippen molar-refractivity contribution in [1.29, 1.82) is 0 Å². The van der Waals surface area contributed by atoms with Gasteiger partial charge in [-0.15, -0.1) is 0 Å². The van der Waals surface area contributed by atoms with Gasteiger partial charge in [0, 0.05) is 28.7 Å². The third-order valence-electron chi connectivity index (χ3n) is 4.77. The predicted molar refractivity (Wildman–Crippen MR) is 107 cm³/mol. The van der Waals surface area contributed by atoms with E-state index in [4.69, 9.17) is 4.74 Å². The number of carbonyl (C=O) groups is 2. The van der Waals surface area contributed by atoms with Crippen molar-refractivity contribution in [1.82, 2.24) is 4.57 Å². The minimum Gasteiger partial charge on any atom is -0.451 e. The molecule has 0 saturated carbocycles. The highest BCUT2D eigenvalue weighted by molar-refractivity contribution is 6.02. The normalized spacial score (nSPS) is 12.0. The molecule has 0 N–H and O–H groups in total. The molecule has 0 bridgehead atoms. The molecule has 1 aromatic heterocycles. The fourth-order valence-corrected chi connectivity index (χ4v) is 3.36. The van der Waals surface area contributed by atoms with Gasteiger partial charge in [0.1, 0.15) is 17.4 Å². The van der Waals surface area contributed by atoms with Gasteiger partial charge in [-0.3, -0.25) is 4.79 Å². The van der Waals surface area contributed by atoms with Crippen LogP contribution in [0.5, 0.6) is 5.75 Å². The molecule has 1 atom stereocenters. The number of nitrogens with zero attached hydrogens (tertiary/aromatic N) is 1. The van der Waals surface area contributed by atoms with Crippen molar-refractivity contribution >= 4 is 11.8 Å². The second kappa shape index (κ2) is 9.25. The molecule has 3 rings (SSSR count). The average Bonchev–Trinajstić information content (AvgIpc) is 3.01. The third kappa shape index (κ3) is 4.99. The van der Waals surface area contributed by atoms with Crippen LogP contribution in [0.15, 0.2) is 48.5 Å². The number of Topliss-reactive ketones (excluding diaryl/α,β-unsaturated/α-hetero) is 1. The number of carbonyl (C=O) groups excluding carboxylic acids is 2. The van der Waals surface area contributed by atoms with Gasteiger partial charge in [0.25, 0.3) is 0 Å². The van der Waals surface area contributed by atoms with E-state index in [1.165, 1.54) is 19.1 Å². The first-order valence-electron chi connectivity index (χ1n) is 9.52. The van der Waals surface area contributed by atoms with Gasteiger partial charge in [0.2, 0.25) is 5.78 Å². The second-order valence-electron chi connectivity index (χ2n) is 7.06. The van der Waals surface area contributed by atoms with Gasteiger partial charge < -0.3 is 14.0 Å². The van der Waals surface area contributed by atoms with Crippen molar-refractivity contribution < 1.29 is 36.6 Å². The zero-order chi connectivity index (χ0) is 23.6. The summed E-state index contributed by atoms with van der Waals surface area (Å²) in [6.07, 6.45) is -1.22. The largest absolute Gasteiger partial charge is 0.451 e. The number of hydrogen-bond donors (Lipinski definition) is 0. The molecule has 0 radical (unpaired) electrons. The van der Waals surface area contributed by atoms with Gasteiger partial charge in [-0.05, 0) is 63.2 Å². The molecule has 0 saturated heterocycles. The van der Waals surface area contributed by atoms with Crippen molar-refractivity contribution in [2.24, 2.45) is 0 Å². The molecule has 1 unspecified atom stereocenters. The van der Waals surface area contributed by atoms with E-state index in [0.29, 0.717) is 23.1 Å². The van der Waals surface area contributed by atoms with E-state index >= 15 is 0 Å². The first-order chi connectivity index (χ1) is 15.1. The van der Waals surface area contributed by atoms with Crippen LogP contribution < -0.4 is 4.74 Å². The summed E-state index contributed by atoms with van der Waals surface area (Å²) in [6, 6.07) is 9.74. The smallest absolute Gasteiger partial charge is 0.387 e. The number of ketones is 1. The van der Waals surface area contributed by atoms with E-state index in [-0.39, 0.29) is 16.9 Å². The van der Waals surface area contributed by atoms with Crippen LogP contribution in [-0.4, -0.2) is 29.0 Å². The molecule has 1 heterocycles. The van der Waals surface area contributed by atoms with Crippen LogP contribution in [0.25, 0.3) is 5.69 Å². The van der Waals surface area contributed by atoms with E-state index < -0.39 is 36.1 Å². The minimum atomic E-state index is -2.94. The van der Waals surface area contributed by atoms with Crippen LogP contribution in [0.4, 0.5) is 17.6 Å². The topological polar surface area (TPSA) is 57.5 Å². The summed E-state index contributed by atoms with van der Waals surface area (Å²) in [5.74, 6) is -3.43. The average molecular weight is 449 g/mol. The monoisotopic (exact) mass is 449 g/mol. The van der Waals surface area contributed by atoms with Crippen LogP contribution in [0.2, 0.25) is 0 Å². The number of halogens is 4. The Labute approximate surface area is 181 Å². The molecular weight excluding hydrogens is 430 g/mol. The lowest BCUT2D eigenvalue weighted by molar-refractivity contribution is -0.0498. The Morgan fingerprint density at radius 3 is 2.09 bits per heavy atom. The van der Waals surface area contributed by atoms with Crippen molar-refractivity contribution in [2.45, 2.75) is 33.5 Å². The van der Waals surface area contributed by atoms with Crippen molar-refractivity contribution in [3.05, 3.63) is 82.7 Å². The lowest BCUT2D eigenvalue weighted by atomic mass is 10.1. The van der Waals surface area contributed by atoms with Gasteiger partial charge in [-0.1, -0.05) is 0 Å². The van der Waals surface area contributed by atoms with E-state index in [9.17, 15) is 27.2 Å². The lowest BCUT2D eigenvalue weighted by Gasteiger charge is -2.14. The molecular formula is C23H19F4NO4. The van der Waals surface area contributed by atoms with Crippen molar-refractivity contribution in [3.8, 4) is 11.4 Å². The zero-order valence-electron chi connectivity index (χ0n) is 17.4. The minimum absolute atomic E-state index is 0.00293. The SMILES string of the molecule is Cc1cc(C(=O)C(C)OC(=O)c2cc(F)cc(F)c2)c(C)n1-c1ccc(OC(F)F)cc1. The first kappa shape index (κ1) is 23.1. The van der Waals surface area contributed by atoms with Crippen LogP contribution in [-0.2, 0) is 4.74 Å². The van der Waals surface area contributed by atoms with Gasteiger partial charge in [0.15, 0.2) is 6.10 Å². The Balaban J connectivity index is 1.81. The second-order valence-corrected chi connectivity index (χ2v) is 7.06. The van der Waals surface area contributed by atoms with E-state index in [2.05, 4.69) is 4.74 Å². The third-order valence-corrected chi connectivity index (χ3v) is 4.77. The molecule has 32 heavy (non-hydrogen) atoms. The first-order valence-corrected chi connectivity index (χ1v) is 9.52. The van der Waals surface area contributed by atoms with Crippen LogP contribution >= 0.6 is 0 Å². The van der Waals surface area contributed by atoms with Gasteiger partial charge in [-0.25, -0.2) is 13.6 Å². The maximum Gasteiger partial charge on any atom is 0.387 e. The number of aromatic nitrogens is 1.